The van der Waals surface area contributed by atoms with Crippen LogP contribution in [0.5, 0.6) is 0 Å². The molecular formula is C26H29F4N7O4. The molecule has 15 heteroatoms. The number of carbonyl (C=O) groups is 3. The maximum atomic E-state index is 15.0. The average molecular weight is 580 g/mol. The van der Waals surface area contributed by atoms with Crippen LogP contribution in [0, 0.1) is 11.6 Å². The van der Waals surface area contributed by atoms with E-state index in [-0.39, 0.29) is 42.3 Å². The third-order valence-corrected chi connectivity index (χ3v) is 7.78. The van der Waals surface area contributed by atoms with E-state index in [0.29, 0.717) is 25.7 Å². The number of benzene rings is 1. The van der Waals surface area contributed by atoms with Crippen molar-refractivity contribution in [2.45, 2.75) is 56.5 Å². The lowest BCUT2D eigenvalue weighted by Crippen LogP contribution is -2.48. The first kappa shape index (κ1) is 28.4. The van der Waals surface area contributed by atoms with Crippen molar-refractivity contribution in [1.82, 2.24) is 20.2 Å². The van der Waals surface area contributed by atoms with Gasteiger partial charge in [-0.2, -0.15) is 13.8 Å². The molecule has 1 aromatic heterocycles. The monoisotopic (exact) mass is 579 g/mol. The Morgan fingerprint density at radius 1 is 1.07 bits per heavy atom. The molecular weight excluding hydrogens is 550 g/mol. The van der Waals surface area contributed by atoms with Gasteiger partial charge in [0.1, 0.15) is 17.3 Å². The highest BCUT2D eigenvalue weighted by molar-refractivity contribution is 6.02. The minimum Gasteiger partial charge on any atom is -0.465 e. The quantitative estimate of drug-likeness (QED) is 0.457. The summed E-state index contributed by atoms with van der Waals surface area (Å²) in [6, 6.07) is 0.822. The normalized spacial score (nSPS) is 19.6. The Morgan fingerprint density at radius 3 is 2.41 bits per heavy atom. The van der Waals surface area contributed by atoms with E-state index < -0.39 is 53.6 Å². The summed E-state index contributed by atoms with van der Waals surface area (Å²) in [5, 5.41) is 14.2. The number of fused-ring (bicyclic) bond motifs is 1. The minimum absolute atomic E-state index is 0.0671. The Hall–Kier alpha value is -4.17. The maximum absolute atomic E-state index is 15.0. The number of hydrogen-bond donors (Lipinski definition) is 3. The van der Waals surface area contributed by atoms with E-state index in [1.165, 1.54) is 23.0 Å². The number of carboxylic acid groups (broad SMARTS) is 1. The standard InChI is InChI=1S/C26H29F4N7O4/c1-35-20-12-31-24(34-21(20)37(15-4-2-3-5-15)13-26(29,30)23(35)39)33-19-11-17(27)16(10-18(19)28)22(38)32-14-6-8-36(9-7-14)25(40)41/h10-12,14-15H,2-9,13H2,1H3,(H,32,38)(H,40,41)(H,31,33,34). The summed E-state index contributed by atoms with van der Waals surface area (Å²) in [6.45, 7) is -0.451. The van der Waals surface area contributed by atoms with Crippen molar-refractivity contribution < 1.29 is 37.1 Å². The van der Waals surface area contributed by atoms with Gasteiger partial charge in [0.15, 0.2) is 5.82 Å². The molecule has 2 aromatic rings. The number of anilines is 4. The predicted molar refractivity (Wildman–Crippen MR) is 140 cm³/mol. The van der Waals surface area contributed by atoms with E-state index in [1.54, 1.807) is 0 Å². The number of nitrogens with one attached hydrogen (secondary N) is 2. The second kappa shape index (κ2) is 11.0. The Kier molecular flexibility index (Phi) is 7.62. The van der Waals surface area contributed by atoms with Crippen LogP contribution in [0.3, 0.4) is 0 Å². The van der Waals surface area contributed by atoms with Gasteiger partial charge in [-0.1, -0.05) is 12.8 Å². The fourth-order valence-corrected chi connectivity index (χ4v) is 5.52. The summed E-state index contributed by atoms with van der Waals surface area (Å²) in [5.74, 6) is -8.04. The molecule has 0 radical (unpaired) electrons. The van der Waals surface area contributed by atoms with Gasteiger partial charge >= 0.3 is 12.0 Å². The zero-order valence-corrected chi connectivity index (χ0v) is 22.2. The van der Waals surface area contributed by atoms with Crippen molar-refractivity contribution in [1.29, 1.82) is 0 Å². The van der Waals surface area contributed by atoms with Gasteiger partial charge < -0.3 is 30.4 Å². The van der Waals surface area contributed by atoms with Gasteiger partial charge in [-0.3, -0.25) is 9.59 Å². The summed E-state index contributed by atoms with van der Waals surface area (Å²) < 4.78 is 59.5. The van der Waals surface area contributed by atoms with Crippen LogP contribution in [0.25, 0.3) is 0 Å². The first-order valence-electron chi connectivity index (χ1n) is 13.3. The number of halogens is 4. The van der Waals surface area contributed by atoms with Crippen LogP contribution in [0.4, 0.5) is 45.5 Å². The third kappa shape index (κ3) is 5.70. The lowest BCUT2D eigenvalue weighted by Gasteiger charge is -2.31. The van der Waals surface area contributed by atoms with E-state index in [4.69, 9.17) is 5.11 Å². The minimum atomic E-state index is -3.66. The van der Waals surface area contributed by atoms with Gasteiger partial charge in [0, 0.05) is 38.3 Å². The highest BCUT2D eigenvalue weighted by atomic mass is 19.3. The number of alkyl halides is 2. The Labute approximate surface area is 232 Å². The molecule has 3 heterocycles. The lowest BCUT2D eigenvalue weighted by atomic mass is 10.0. The van der Waals surface area contributed by atoms with Gasteiger partial charge in [0.05, 0.1) is 24.0 Å². The SMILES string of the molecule is CN1C(=O)C(F)(F)CN(C2CCCC2)c2nc(Nc3cc(F)c(C(=O)NC4CCN(C(=O)O)CC4)cc3F)ncc21. The molecule has 5 rings (SSSR count). The number of hydrogen-bond acceptors (Lipinski definition) is 7. The highest BCUT2D eigenvalue weighted by Gasteiger charge is 2.48. The maximum Gasteiger partial charge on any atom is 0.407 e. The number of carbonyl (C=O) groups excluding carboxylic acids is 2. The third-order valence-electron chi connectivity index (χ3n) is 7.78. The second-order valence-corrected chi connectivity index (χ2v) is 10.5. The van der Waals surface area contributed by atoms with Crippen LogP contribution in [0.2, 0.25) is 0 Å². The topological polar surface area (TPSA) is 131 Å². The molecule has 11 nitrogen and oxygen atoms in total. The molecule has 0 spiro atoms. The first-order valence-corrected chi connectivity index (χ1v) is 13.3. The smallest absolute Gasteiger partial charge is 0.407 e. The predicted octanol–water partition coefficient (Wildman–Crippen LogP) is 3.73. The zero-order chi connectivity index (χ0) is 29.5. The zero-order valence-electron chi connectivity index (χ0n) is 22.2. The molecule has 0 atom stereocenters. The molecule has 2 aliphatic heterocycles. The molecule has 1 saturated carbocycles. The molecule has 1 aromatic carbocycles. The number of amides is 3. The van der Waals surface area contributed by atoms with E-state index in [1.807, 2.05) is 0 Å². The summed E-state index contributed by atoms with van der Waals surface area (Å²) in [4.78, 5) is 47.9. The molecule has 3 amide bonds. The number of aromatic nitrogens is 2. The van der Waals surface area contributed by atoms with E-state index in [2.05, 4.69) is 20.6 Å². The van der Waals surface area contributed by atoms with Crippen LogP contribution >= 0.6 is 0 Å². The molecule has 1 saturated heterocycles. The highest BCUT2D eigenvalue weighted by Crippen LogP contribution is 2.39. The number of piperidine rings is 1. The number of nitrogens with zero attached hydrogens (tertiary/aromatic N) is 5. The lowest BCUT2D eigenvalue weighted by molar-refractivity contribution is -0.140. The second-order valence-electron chi connectivity index (χ2n) is 10.5. The number of rotatable bonds is 5. The summed E-state index contributed by atoms with van der Waals surface area (Å²) in [6.07, 6.45) is 3.75. The molecule has 41 heavy (non-hydrogen) atoms. The van der Waals surface area contributed by atoms with Gasteiger partial charge in [-0.05, 0) is 31.7 Å². The summed E-state index contributed by atoms with van der Waals surface area (Å²) >= 11 is 0. The van der Waals surface area contributed by atoms with Crippen LogP contribution in [0.15, 0.2) is 18.3 Å². The summed E-state index contributed by atoms with van der Waals surface area (Å²) in [5.41, 5.74) is -0.853. The first-order chi connectivity index (χ1) is 19.4. The van der Waals surface area contributed by atoms with Crippen molar-refractivity contribution in [3.05, 3.63) is 35.5 Å². The molecule has 2 fully saturated rings. The van der Waals surface area contributed by atoms with Gasteiger partial charge in [-0.15, -0.1) is 0 Å². The van der Waals surface area contributed by atoms with E-state index in [9.17, 15) is 27.6 Å². The van der Waals surface area contributed by atoms with Gasteiger partial charge in [-0.25, -0.2) is 18.6 Å². The van der Waals surface area contributed by atoms with Crippen molar-refractivity contribution in [3.63, 3.8) is 0 Å². The van der Waals surface area contributed by atoms with E-state index >= 15 is 4.39 Å². The molecule has 1 aliphatic carbocycles. The van der Waals surface area contributed by atoms with Crippen LogP contribution in [-0.2, 0) is 4.79 Å². The largest absolute Gasteiger partial charge is 0.465 e. The van der Waals surface area contributed by atoms with Crippen molar-refractivity contribution >= 4 is 41.0 Å². The fraction of sp³-hybridized carbons (Fsp3) is 0.500. The van der Waals surface area contributed by atoms with Gasteiger partial charge in [0.25, 0.3) is 11.8 Å². The Morgan fingerprint density at radius 2 is 1.76 bits per heavy atom. The number of likely N-dealkylation sites (tertiary alicyclic amines) is 1. The van der Waals surface area contributed by atoms with Crippen LogP contribution in [0.1, 0.15) is 48.9 Å². The van der Waals surface area contributed by atoms with Crippen LogP contribution in [-0.4, -0.2) is 82.6 Å². The molecule has 220 valence electrons. The van der Waals surface area contributed by atoms with Crippen molar-refractivity contribution in [2.24, 2.45) is 0 Å². The summed E-state index contributed by atoms with van der Waals surface area (Å²) in [7, 11) is 1.21. The average Bonchev–Trinajstić information content (AvgIpc) is 3.46. The molecule has 0 unspecified atom stereocenters. The molecule has 0 bridgehead atoms. The van der Waals surface area contributed by atoms with Gasteiger partial charge in [0.2, 0.25) is 5.95 Å². The Bertz CT molecular complexity index is 1360. The molecule has 3 aliphatic rings. The molecule has 3 N–H and O–H groups in total. The van der Waals surface area contributed by atoms with E-state index in [0.717, 1.165) is 29.9 Å². The van der Waals surface area contributed by atoms with Crippen LogP contribution < -0.4 is 20.4 Å². The van der Waals surface area contributed by atoms with Crippen molar-refractivity contribution in [3.8, 4) is 0 Å². The Balaban J connectivity index is 1.36. The fourth-order valence-electron chi connectivity index (χ4n) is 5.52. The van der Waals surface area contributed by atoms with Crippen molar-refractivity contribution in [2.75, 3.05) is 41.8 Å².